The van der Waals surface area contributed by atoms with Crippen LogP contribution in [-0.2, 0) is 4.79 Å². The van der Waals surface area contributed by atoms with E-state index >= 15 is 0 Å². The Morgan fingerprint density at radius 3 is 2.71 bits per heavy atom. The molecule has 0 aromatic rings. The van der Waals surface area contributed by atoms with E-state index in [1.807, 2.05) is 6.08 Å². The fourth-order valence-electron chi connectivity index (χ4n) is 2.37. The highest BCUT2D eigenvalue weighted by Gasteiger charge is 2.15. The summed E-state index contributed by atoms with van der Waals surface area (Å²) in [7, 11) is 0. The van der Waals surface area contributed by atoms with E-state index in [0.717, 1.165) is 12.5 Å². The third-order valence-corrected chi connectivity index (χ3v) is 3.11. The van der Waals surface area contributed by atoms with Crippen molar-refractivity contribution in [3.05, 3.63) is 12.2 Å². The number of ketones is 1. The summed E-state index contributed by atoms with van der Waals surface area (Å²) in [5.41, 5.74) is 0.0983. The second-order valence-electron chi connectivity index (χ2n) is 6.61. The molecule has 0 amide bonds. The number of piperidine rings is 1. The molecule has 2 nitrogen and oxygen atoms in total. The van der Waals surface area contributed by atoms with Gasteiger partial charge in [-0.25, -0.2) is 0 Å². The first kappa shape index (κ1) is 14.4. The van der Waals surface area contributed by atoms with Gasteiger partial charge in [0.05, 0.1) is 0 Å². The quantitative estimate of drug-likeness (QED) is 0.699. The van der Waals surface area contributed by atoms with E-state index in [-0.39, 0.29) is 11.2 Å². The molecule has 0 saturated carbocycles. The van der Waals surface area contributed by atoms with Gasteiger partial charge in [-0.2, -0.15) is 0 Å². The van der Waals surface area contributed by atoms with Gasteiger partial charge in [0.1, 0.15) is 0 Å². The topological polar surface area (TPSA) is 20.3 Å². The van der Waals surface area contributed by atoms with Gasteiger partial charge in [-0.1, -0.05) is 33.8 Å². The average molecular weight is 237 g/mol. The first-order valence-corrected chi connectivity index (χ1v) is 6.78. The molecule has 0 aromatic carbocycles. The van der Waals surface area contributed by atoms with Gasteiger partial charge in [-0.05, 0) is 36.8 Å². The molecule has 1 heterocycles. The molecule has 0 aliphatic carbocycles. The Balaban J connectivity index is 2.27. The lowest BCUT2D eigenvalue weighted by molar-refractivity contribution is -0.116. The average Bonchev–Trinajstić information content (AvgIpc) is 2.14. The van der Waals surface area contributed by atoms with E-state index < -0.39 is 0 Å². The fourth-order valence-corrected chi connectivity index (χ4v) is 2.37. The number of carbonyl (C=O) groups is 1. The second kappa shape index (κ2) is 6.34. The number of likely N-dealkylation sites (tertiary alicyclic amines) is 1. The van der Waals surface area contributed by atoms with Crippen LogP contribution in [-0.4, -0.2) is 30.3 Å². The number of hydrogen-bond acceptors (Lipinski definition) is 2. The van der Waals surface area contributed by atoms with Crippen molar-refractivity contribution in [1.29, 1.82) is 0 Å². The first-order valence-electron chi connectivity index (χ1n) is 6.78. The van der Waals surface area contributed by atoms with Crippen molar-refractivity contribution < 1.29 is 4.79 Å². The number of hydrogen-bond donors (Lipinski definition) is 0. The maximum absolute atomic E-state index is 11.7. The van der Waals surface area contributed by atoms with Crippen molar-refractivity contribution in [2.45, 2.75) is 47.0 Å². The molecule has 98 valence electrons. The Morgan fingerprint density at radius 2 is 2.12 bits per heavy atom. The van der Waals surface area contributed by atoms with Gasteiger partial charge in [0, 0.05) is 19.5 Å². The summed E-state index contributed by atoms with van der Waals surface area (Å²) in [6.07, 6.45) is 7.09. The first-order chi connectivity index (χ1) is 7.87. The predicted molar refractivity (Wildman–Crippen MR) is 73.1 cm³/mol. The van der Waals surface area contributed by atoms with Crippen LogP contribution in [0.4, 0.5) is 0 Å². The molecule has 2 heteroatoms. The van der Waals surface area contributed by atoms with E-state index in [2.05, 4.69) is 32.6 Å². The minimum atomic E-state index is 0.0983. The summed E-state index contributed by atoms with van der Waals surface area (Å²) < 4.78 is 0. The van der Waals surface area contributed by atoms with Crippen molar-refractivity contribution in [2.75, 3.05) is 19.6 Å². The highest BCUT2D eigenvalue weighted by Crippen LogP contribution is 2.19. The molecule has 0 bridgehead atoms. The molecule has 1 rings (SSSR count). The van der Waals surface area contributed by atoms with Crippen molar-refractivity contribution in [2.24, 2.45) is 11.3 Å². The molecule has 0 radical (unpaired) electrons. The van der Waals surface area contributed by atoms with Gasteiger partial charge in [0.2, 0.25) is 0 Å². The normalized spacial score (nSPS) is 23.2. The lowest BCUT2D eigenvalue weighted by Gasteiger charge is -2.29. The van der Waals surface area contributed by atoms with Gasteiger partial charge < -0.3 is 0 Å². The van der Waals surface area contributed by atoms with Crippen LogP contribution in [0.5, 0.6) is 0 Å². The zero-order valence-corrected chi connectivity index (χ0v) is 11.8. The van der Waals surface area contributed by atoms with Crippen LogP contribution >= 0.6 is 0 Å². The van der Waals surface area contributed by atoms with Crippen molar-refractivity contribution in [1.82, 2.24) is 4.90 Å². The zero-order valence-electron chi connectivity index (χ0n) is 11.8. The minimum Gasteiger partial charge on any atom is -0.299 e. The number of allylic oxidation sites excluding steroid dienone is 1. The van der Waals surface area contributed by atoms with E-state index in [0.29, 0.717) is 6.42 Å². The monoisotopic (exact) mass is 237 g/mol. The van der Waals surface area contributed by atoms with Gasteiger partial charge in [-0.15, -0.1) is 0 Å². The molecule has 1 unspecified atom stereocenters. The summed E-state index contributed by atoms with van der Waals surface area (Å²) in [6, 6.07) is 0. The minimum absolute atomic E-state index is 0.0983. The number of rotatable bonds is 4. The third-order valence-electron chi connectivity index (χ3n) is 3.11. The molecule has 1 atom stereocenters. The maximum atomic E-state index is 11.7. The Bertz CT molecular complexity index is 275. The number of nitrogens with zero attached hydrogens (tertiary/aromatic N) is 1. The molecule has 1 saturated heterocycles. The molecule has 17 heavy (non-hydrogen) atoms. The number of carbonyl (C=O) groups excluding carboxylic acids is 1. The van der Waals surface area contributed by atoms with Crippen LogP contribution in [0.1, 0.15) is 47.0 Å². The summed E-state index contributed by atoms with van der Waals surface area (Å²) in [4.78, 5) is 14.1. The maximum Gasteiger partial charge on any atom is 0.155 e. The smallest absolute Gasteiger partial charge is 0.155 e. The van der Waals surface area contributed by atoms with Gasteiger partial charge in [0.15, 0.2) is 5.78 Å². The van der Waals surface area contributed by atoms with Crippen LogP contribution in [0.2, 0.25) is 0 Å². The van der Waals surface area contributed by atoms with Crippen LogP contribution < -0.4 is 0 Å². The lowest BCUT2D eigenvalue weighted by atomic mass is 9.90. The predicted octanol–water partition coefficient (Wildman–Crippen LogP) is 3.28. The van der Waals surface area contributed by atoms with E-state index in [9.17, 15) is 4.79 Å². The van der Waals surface area contributed by atoms with Gasteiger partial charge in [0.25, 0.3) is 0 Å². The van der Waals surface area contributed by atoms with Crippen molar-refractivity contribution in [3.8, 4) is 0 Å². The summed E-state index contributed by atoms with van der Waals surface area (Å²) in [5, 5.41) is 0. The molecule has 0 N–H and O–H groups in total. The Labute approximate surface area is 106 Å². The van der Waals surface area contributed by atoms with Gasteiger partial charge >= 0.3 is 0 Å². The molecule has 0 spiro atoms. The van der Waals surface area contributed by atoms with Crippen LogP contribution in [0, 0.1) is 11.3 Å². The lowest BCUT2D eigenvalue weighted by Crippen LogP contribution is -2.34. The molecule has 1 aliphatic rings. The third kappa shape index (κ3) is 6.62. The SMILES string of the molecule is CC1CCCN(C/C=C/C(=O)CC(C)(C)C)C1. The Hall–Kier alpha value is -0.630. The highest BCUT2D eigenvalue weighted by atomic mass is 16.1. The fraction of sp³-hybridized carbons (Fsp3) is 0.800. The Morgan fingerprint density at radius 1 is 1.41 bits per heavy atom. The molecular weight excluding hydrogens is 210 g/mol. The van der Waals surface area contributed by atoms with Crippen LogP contribution in [0.3, 0.4) is 0 Å². The standard InChI is InChI=1S/C15H27NO/c1-13-7-5-9-16(12-13)10-6-8-14(17)11-15(2,3)4/h6,8,13H,5,7,9-12H2,1-4H3/b8-6+. The summed E-state index contributed by atoms with van der Waals surface area (Å²) >= 11 is 0. The van der Waals surface area contributed by atoms with E-state index in [1.165, 1.54) is 25.9 Å². The molecule has 1 aliphatic heterocycles. The molecule has 1 fully saturated rings. The van der Waals surface area contributed by atoms with Crippen LogP contribution in [0.25, 0.3) is 0 Å². The largest absolute Gasteiger partial charge is 0.299 e. The van der Waals surface area contributed by atoms with Gasteiger partial charge in [-0.3, -0.25) is 9.69 Å². The van der Waals surface area contributed by atoms with E-state index in [1.54, 1.807) is 6.08 Å². The van der Waals surface area contributed by atoms with E-state index in [4.69, 9.17) is 0 Å². The summed E-state index contributed by atoms with van der Waals surface area (Å²) in [5.74, 6) is 1.06. The summed E-state index contributed by atoms with van der Waals surface area (Å²) in [6.45, 7) is 11.9. The van der Waals surface area contributed by atoms with Crippen molar-refractivity contribution in [3.63, 3.8) is 0 Å². The Kier molecular flexibility index (Phi) is 5.38. The zero-order chi connectivity index (χ0) is 12.9. The highest BCUT2D eigenvalue weighted by molar-refractivity contribution is 5.90. The molecular formula is C15H27NO. The van der Waals surface area contributed by atoms with Crippen LogP contribution in [0.15, 0.2) is 12.2 Å². The molecule has 0 aromatic heterocycles. The van der Waals surface area contributed by atoms with Crippen molar-refractivity contribution >= 4 is 5.78 Å². The second-order valence-corrected chi connectivity index (χ2v) is 6.61.